The summed E-state index contributed by atoms with van der Waals surface area (Å²) in [6.45, 7) is 4.23. The van der Waals surface area contributed by atoms with Gasteiger partial charge in [0.15, 0.2) is 0 Å². The highest BCUT2D eigenvalue weighted by molar-refractivity contribution is 6.01. The van der Waals surface area contributed by atoms with Crippen molar-refractivity contribution in [2.45, 2.75) is 26.2 Å². The molecule has 0 saturated heterocycles. The van der Waals surface area contributed by atoms with Crippen LogP contribution in [0.1, 0.15) is 26.2 Å². The Morgan fingerprint density at radius 1 is 1.24 bits per heavy atom. The van der Waals surface area contributed by atoms with E-state index in [0.717, 1.165) is 25.4 Å². The lowest BCUT2D eigenvalue weighted by Crippen LogP contribution is -2.42. The predicted octanol–water partition coefficient (Wildman–Crippen LogP) is 2.46. The van der Waals surface area contributed by atoms with Crippen molar-refractivity contribution in [2.75, 3.05) is 25.0 Å². The number of hydrogen-bond donors (Lipinski definition) is 2. The summed E-state index contributed by atoms with van der Waals surface area (Å²) in [5.41, 5.74) is 0.672. The second-order valence-electron chi connectivity index (χ2n) is 5.55. The van der Waals surface area contributed by atoms with Gasteiger partial charge in [-0.25, -0.2) is 4.79 Å². The minimum atomic E-state index is -0.478. The number of anilines is 1. The fourth-order valence-electron chi connectivity index (χ4n) is 2.27. The van der Waals surface area contributed by atoms with Crippen LogP contribution in [0.15, 0.2) is 30.3 Å². The third kappa shape index (κ3) is 5.95. The molecular weight excluding hydrogens is 266 g/mol. The summed E-state index contributed by atoms with van der Waals surface area (Å²) >= 11 is 0. The number of amides is 3. The molecule has 3 amide bonds. The first-order valence-corrected chi connectivity index (χ1v) is 7.55. The van der Waals surface area contributed by atoms with E-state index in [9.17, 15) is 9.59 Å². The van der Waals surface area contributed by atoms with Gasteiger partial charge in [-0.15, -0.1) is 0 Å². The SMILES string of the molecule is CCCN(CC(=O)NC(=O)Nc1ccccc1)CC1CC1. The molecule has 1 saturated carbocycles. The lowest BCUT2D eigenvalue weighted by atomic mass is 10.3. The van der Waals surface area contributed by atoms with E-state index in [1.807, 2.05) is 18.2 Å². The standard InChI is InChI=1S/C16H23N3O2/c1-2-10-19(11-13-8-9-13)12-15(20)18-16(21)17-14-6-4-3-5-7-14/h3-7,13H,2,8-12H2,1H3,(H2,17,18,20,21). The van der Waals surface area contributed by atoms with Crippen molar-refractivity contribution in [1.29, 1.82) is 0 Å². The molecule has 1 fully saturated rings. The zero-order valence-electron chi connectivity index (χ0n) is 12.5. The lowest BCUT2D eigenvalue weighted by Gasteiger charge is -2.20. The van der Waals surface area contributed by atoms with Crippen LogP contribution in [0.2, 0.25) is 0 Å². The van der Waals surface area contributed by atoms with Gasteiger partial charge in [0.1, 0.15) is 0 Å². The van der Waals surface area contributed by atoms with Gasteiger partial charge in [-0.1, -0.05) is 25.1 Å². The Bertz CT molecular complexity index is 472. The first-order valence-electron chi connectivity index (χ1n) is 7.55. The van der Waals surface area contributed by atoms with Crippen molar-refractivity contribution in [3.63, 3.8) is 0 Å². The summed E-state index contributed by atoms with van der Waals surface area (Å²) in [4.78, 5) is 25.8. The van der Waals surface area contributed by atoms with Gasteiger partial charge < -0.3 is 5.32 Å². The molecular formula is C16H23N3O2. The quantitative estimate of drug-likeness (QED) is 0.810. The van der Waals surface area contributed by atoms with Crippen molar-refractivity contribution in [1.82, 2.24) is 10.2 Å². The largest absolute Gasteiger partial charge is 0.325 e. The Morgan fingerprint density at radius 2 is 1.95 bits per heavy atom. The Hall–Kier alpha value is -1.88. The number of para-hydroxylation sites is 1. The van der Waals surface area contributed by atoms with Crippen molar-refractivity contribution < 1.29 is 9.59 Å². The topological polar surface area (TPSA) is 61.4 Å². The van der Waals surface area contributed by atoms with Crippen LogP contribution in [0, 0.1) is 5.92 Å². The van der Waals surface area contributed by atoms with E-state index in [-0.39, 0.29) is 12.5 Å². The van der Waals surface area contributed by atoms with E-state index < -0.39 is 6.03 Å². The van der Waals surface area contributed by atoms with Gasteiger partial charge in [-0.3, -0.25) is 15.0 Å². The van der Waals surface area contributed by atoms with Gasteiger partial charge >= 0.3 is 6.03 Å². The van der Waals surface area contributed by atoms with Crippen LogP contribution in [0.3, 0.4) is 0 Å². The smallest absolute Gasteiger partial charge is 0.308 e. The van der Waals surface area contributed by atoms with Crippen LogP contribution in [-0.4, -0.2) is 36.5 Å². The van der Waals surface area contributed by atoms with Crippen molar-refractivity contribution >= 4 is 17.6 Å². The fourth-order valence-corrected chi connectivity index (χ4v) is 2.27. The van der Waals surface area contributed by atoms with Crippen molar-refractivity contribution in [3.05, 3.63) is 30.3 Å². The maximum Gasteiger partial charge on any atom is 0.325 e. The number of carbonyl (C=O) groups is 2. The van der Waals surface area contributed by atoms with Crippen LogP contribution in [0.5, 0.6) is 0 Å². The van der Waals surface area contributed by atoms with E-state index in [1.54, 1.807) is 12.1 Å². The van der Waals surface area contributed by atoms with Gasteiger partial charge in [-0.05, 0) is 43.9 Å². The molecule has 0 bridgehead atoms. The molecule has 0 spiro atoms. The second kappa shape index (κ2) is 7.78. The summed E-state index contributed by atoms with van der Waals surface area (Å²) in [6, 6.07) is 8.61. The molecule has 0 heterocycles. The Labute approximate surface area is 125 Å². The minimum Gasteiger partial charge on any atom is -0.308 e. The molecule has 2 N–H and O–H groups in total. The Morgan fingerprint density at radius 3 is 2.57 bits per heavy atom. The number of hydrogen-bond acceptors (Lipinski definition) is 3. The molecule has 1 aliphatic carbocycles. The van der Waals surface area contributed by atoms with E-state index in [0.29, 0.717) is 5.69 Å². The molecule has 5 heteroatoms. The van der Waals surface area contributed by atoms with E-state index >= 15 is 0 Å². The van der Waals surface area contributed by atoms with Crippen LogP contribution in [0.4, 0.5) is 10.5 Å². The zero-order chi connectivity index (χ0) is 15.1. The van der Waals surface area contributed by atoms with Crippen molar-refractivity contribution in [2.24, 2.45) is 5.92 Å². The molecule has 1 aromatic carbocycles. The number of nitrogens with zero attached hydrogens (tertiary/aromatic N) is 1. The maximum absolute atomic E-state index is 11.9. The molecule has 0 aliphatic heterocycles. The number of rotatable bonds is 7. The summed E-state index contributed by atoms with van der Waals surface area (Å²) in [5.74, 6) is 0.486. The van der Waals surface area contributed by atoms with E-state index in [2.05, 4.69) is 22.5 Å². The van der Waals surface area contributed by atoms with Crippen LogP contribution < -0.4 is 10.6 Å². The second-order valence-corrected chi connectivity index (χ2v) is 5.55. The molecule has 0 unspecified atom stereocenters. The number of nitrogens with one attached hydrogen (secondary N) is 2. The number of urea groups is 1. The summed E-state index contributed by atoms with van der Waals surface area (Å²) < 4.78 is 0. The summed E-state index contributed by atoms with van der Waals surface area (Å²) in [6.07, 6.45) is 3.53. The summed E-state index contributed by atoms with van der Waals surface area (Å²) in [5, 5.41) is 5.02. The maximum atomic E-state index is 11.9. The molecule has 0 atom stereocenters. The Balaban J connectivity index is 1.75. The average Bonchev–Trinajstić information content (AvgIpc) is 3.23. The molecule has 21 heavy (non-hydrogen) atoms. The molecule has 0 radical (unpaired) electrons. The van der Waals surface area contributed by atoms with Gasteiger partial charge in [0, 0.05) is 12.2 Å². The third-order valence-electron chi connectivity index (χ3n) is 3.40. The highest BCUT2D eigenvalue weighted by Crippen LogP contribution is 2.29. The number of imide groups is 1. The van der Waals surface area contributed by atoms with Crippen LogP contribution in [0.25, 0.3) is 0 Å². The zero-order valence-corrected chi connectivity index (χ0v) is 12.5. The first-order chi connectivity index (χ1) is 10.2. The molecule has 1 aromatic rings. The van der Waals surface area contributed by atoms with E-state index in [4.69, 9.17) is 0 Å². The highest BCUT2D eigenvalue weighted by Gasteiger charge is 2.25. The average molecular weight is 289 g/mol. The van der Waals surface area contributed by atoms with Crippen LogP contribution >= 0.6 is 0 Å². The van der Waals surface area contributed by atoms with E-state index in [1.165, 1.54) is 12.8 Å². The molecule has 0 aromatic heterocycles. The summed E-state index contributed by atoms with van der Waals surface area (Å²) in [7, 11) is 0. The van der Waals surface area contributed by atoms with Gasteiger partial charge in [0.2, 0.25) is 5.91 Å². The molecule has 5 nitrogen and oxygen atoms in total. The molecule has 114 valence electrons. The highest BCUT2D eigenvalue weighted by atomic mass is 16.2. The van der Waals surface area contributed by atoms with Crippen LogP contribution in [-0.2, 0) is 4.79 Å². The first kappa shape index (κ1) is 15.5. The Kier molecular flexibility index (Phi) is 5.75. The molecule has 2 rings (SSSR count). The van der Waals surface area contributed by atoms with Gasteiger partial charge in [-0.2, -0.15) is 0 Å². The third-order valence-corrected chi connectivity index (χ3v) is 3.40. The fraction of sp³-hybridized carbons (Fsp3) is 0.500. The van der Waals surface area contributed by atoms with Gasteiger partial charge in [0.05, 0.1) is 6.54 Å². The molecule has 1 aliphatic rings. The normalized spacial score (nSPS) is 14.0. The monoisotopic (exact) mass is 289 g/mol. The predicted molar refractivity (Wildman–Crippen MR) is 83.1 cm³/mol. The van der Waals surface area contributed by atoms with Gasteiger partial charge in [0.25, 0.3) is 0 Å². The van der Waals surface area contributed by atoms with Crippen molar-refractivity contribution in [3.8, 4) is 0 Å². The number of benzene rings is 1. The number of carbonyl (C=O) groups excluding carboxylic acids is 2. The minimum absolute atomic E-state index is 0.252. The lowest BCUT2D eigenvalue weighted by molar-refractivity contribution is -0.121.